The van der Waals surface area contributed by atoms with E-state index in [1.807, 2.05) is 30.3 Å². The molecule has 2 rings (SSSR count). The van der Waals surface area contributed by atoms with Crippen molar-refractivity contribution >= 4 is 40.4 Å². The van der Waals surface area contributed by atoms with Gasteiger partial charge in [0.15, 0.2) is 0 Å². The molecular weight excluding hydrogens is 250 g/mol. The quantitative estimate of drug-likeness (QED) is 0.650. The van der Waals surface area contributed by atoms with Crippen molar-refractivity contribution in [3.8, 4) is 0 Å². The predicted octanol–water partition coefficient (Wildman–Crippen LogP) is 5.21. The second-order valence-electron chi connectivity index (χ2n) is 3.42. The zero-order chi connectivity index (χ0) is 10.8. The van der Waals surface area contributed by atoms with Crippen molar-refractivity contribution in [1.82, 2.24) is 0 Å². The minimum absolute atomic E-state index is 0.708. The topological polar surface area (TPSA) is 0 Å². The van der Waals surface area contributed by atoms with Gasteiger partial charge in [-0.1, -0.05) is 46.9 Å². The first-order valence-corrected chi connectivity index (χ1v) is 5.81. The molecule has 0 saturated heterocycles. The minimum Gasteiger partial charge on any atom is -0.0891 e. The molecule has 78 valence electrons. The van der Waals surface area contributed by atoms with E-state index in [9.17, 15) is 0 Å². The third-order valence-electron chi connectivity index (χ3n) is 2.31. The van der Waals surface area contributed by atoms with Gasteiger partial charge in [-0.3, -0.25) is 0 Å². The standard InChI is InChI=1S/C12H9Cl3/c13-9-3-1-2-8(6-9)11-7-10(14)4-5-12(11)15/h1-3,6-7H,4-5H2. The van der Waals surface area contributed by atoms with Crippen LogP contribution in [0.3, 0.4) is 0 Å². The summed E-state index contributed by atoms with van der Waals surface area (Å²) in [4.78, 5) is 0. The molecule has 0 saturated carbocycles. The van der Waals surface area contributed by atoms with E-state index in [1.165, 1.54) is 0 Å². The number of rotatable bonds is 1. The van der Waals surface area contributed by atoms with Crippen molar-refractivity contribution in [3.05, 3.63) is 51.0 Å². The van der Waals surface area contributed by atoms with Crippen LogP contribution in [0.5, 0.6) is 0 Å². The molecule has 0 aromatic heterocycles. The van der Waals surface area contributed by atoms with Crippen LogP contribution in [-0.2, 0) is 0 Å². The van der Waals surface area contributed by atoms with Gasteiger partial charge in [0.2, 0.25) is 0 Å². The van der Waals surface area contributed by atoms with Crippen LogP contribution in [-0.4, -0.2) is 0 Å². The Kier molecular flexibility index (Phi) is 3.40. The number of hydrogen-bond donors (Lipinski definition) is 0. The van der Waals surface area contributed by atoms with E-state index in [4.69, 9.17) is 34.8 Å². The van der Waals surface area contributed by atoms with Crippen molar-refractivity contribution in [2.45, 2.75) is 12.8 Å². The fourth-order valence-electron chi connectivity index (χ4n) is 1.57. The molecule has 0 unspecified atom stereocenters. The average Bonchev–Trinajstić information content (AvgIpc) is 2.22. The van der Waals surface area contributed by atoms with Gasteiger partial charge in [0.25, 0.3) is 0 Å². The highest BCUT2D eigenvalue weighted by atomic mass is 35.5. The summed E-state index contributed by atoms with van der Waals surface area (Å²) in [6, 6.07) is 7.62. The fraction of sp³-hybridized carbons (Fsp3) is 0.167. The van der Waals surface area contributed by atoms with E-state index < -0.39 is 0 Å². The highest BCUT2D eigenvalue weighted by Crippen LogP contribution is 2.34. The van der Waals surface area contributed by atoms with Crippen molar-refractivity contribution in [3.63, 3.8) is 0 Å². The molecule has 3 heteroatoms. The Bertz CT molecular complexity index is 444. The molecule has 1 aromatic carbocycles. The zero-order valence-electron chi connectivity index (χ0n) is 7.93. The Labute approximate surface area is 104 Å². The maximum atomic E-state index is 6.17. The summed E-state index contributed by atoms with van der Waals surface area (Å²) in [6.45, 7) is 0. The van der Waals surface area contributed by atoms with E-state index in [0.29, 0.717) is 5.02 Å². The van der Waals surface area contributed by atoms with Crippen molar-refractivity contribution in [2.24, 2.45) is 0 Å². The van der Waals surface area contributed by atoms with E-state index in [0.717, 1.165) is 34.0 Å². The van der Waals surface area contributed by atoms with E-state index in [-0.39, 0.29) is 0 Å². The highest BCUT2D eigenvalue weighted by molar-refractivity contribution is 6.36. The van der Waals surface area contributed by atoms with Gasteiger partial charge in [0, 0.05) is 15.1 Å². The molecule has 0 bridgehead atoms. The second-order valence-corrected chi connectivity index (χ2v) is 4.80. The Hall–Kier alpha value is -0.430. The van der Waals surface area contributed by atoms with Gasteiger partial charge in [0.1, 0.15) is 0 Å². The van der Waals surface area contributed by atoms with Gasteiger partial charge in [-0.15, -0.1) is 0 Å². The van der Waals surface area contributed by atoms with Crippen LogP contribution in [0.4, 0.5) is 0 Å². The van der Waals surface area contributed by atoms with E-state index >= 15 is 0 Å². The van der Waals surface area contributed by atoms with Crippen LogP contribution in [0.25, 0.3) is 5.57 Å². The lowest BCUT2D eigenvalue weighted by atomic mass is 9.99. The maximum Gasteiger partial charge on any atom is 0.0412 e. The van der Waals surface area contributed by atoms with Crippen LogP contribution < -0.4 is 0 Å². The van der Waals surface area contributed by atoms with Gasteiger partial charge in [-0.2, -0.15) is 0 Å². The van der Waals surface area contributed by atoms with Crippen LogP contribution in [0.2, 0.25) is 5.02 Å². The van der Waals surface area contributed by atoms with Crippen LogP contribution >= 0.6 is 34.8 Å². The predicted molar refractivity (Wildman–Crippen MR) is 67.4 cm³/mol. The van der Waals surface area contributed by atoms with Gasteiger partial charge in [0.05, 0.1) is 0 Å². The molecule has 0 atom stereocenters. The third kappa shape index (κ3) is 2.57. The summed E-state index contributed by atoms with van der Waals surface area (Å²) in [5.41, 5.74) is 2.00. The molecule has 0 fully saturated rings. The first-order chi connectivity index (χ1) is 7.16. The average molecular weight is 260 g/mol. The Morgan fingerprint density at radius 2 is 1.80 bits per heavy atom. The number of halogens is 3. The smallest absolute Gasteiger partial charge is 0.0412 e. The largest absolute Gasteiger partial charge is 0.0891 e. The van der Waals surface area contributed by atoms with Crippen molar-refractivity contribution < 1.29 is 0 Å². The summed E-state index contributed by atoms with van der Waals surface area (Å²) < 4.78 is 0. The van der Waals surface area contributed by atoms with Crippen LogP contribution in [0, 0.1) is 0 Å². The molecule has 0 spiro atoms. The molecule has 0 amide bonds. The Morgan fingerprint density at radius 3 is 2.53 bits per heavy atom. The maximum absolute atomic E-state index is 6.17. The molecular formula is C12H9Cl3. The second kappa shape index (κ2) is 4.61. The van der Waals surface area contributed by atoms with Gasteiger partial charge >= 0.3 is 0 Å². The summed E-state index contributed by atoms with van der Waals surface area (Å²) in [7, 11) is 0. The van der Waals surface area contributed by atoms with E-state index in [1.54, 1.807) is 0 Å². The molecule has 0 radical (unpaired) electrons. The molecule has 0 N–H and O–H groups in total. The SMILES string of the molecule is ClC1=CC(c2cccc(Cl)c2)=C(Cl)CC1. The van der Waals surface area contributed by atoms with Crippen molar-refractivity contribution in [1.29, 1.82) is 0 Å². The van der Waals surface area contributed by atoms with Crippen LogP contribution in [0.15, 0.2) is 40.4 Å². The minimum atomic E-state index is 0.708. The highest BCUT2D eigenvalue weighted by Gasteiger charge is 2.12. The normalized spacial score (nSPS) is 16.6. The monoisotopic (exact) mass is 258 g/mol. The molecule has 0 aliphatic heterocycles. The Morgan fingerprint density at radius 1 is 1.00 bits per heavy atom. The molecule has 1 aromatic rings. The number of allylic oxidation sites excluding steroid dienone is 4. The van der Waals surface area contributed by atoms with Gasteiger partial charge in [-0.05, 0) is 42.2 Å². The molecule has 0 nitrogen and oxygen atoms in total. The summed E-state index contributed by atoms with van der Waals surface area (Å²) in [5.74, 6) is 0. The molecule has 1 aliphatic carbocycles. The molecule has 15 heavy (non-hydrogen) atoms. The lowest BCUT2D eigenvalue weighted by Gasteiger charge is -2.13. The number of hydrogen-bond acceptors (Lipinski definition) is 0. The fourth-order valence-corrected chi connectivity index (χ4v) is 2.22. The van der Waals surface area contributed by atoms with Gasteiger partial charge < -0.3 is 0 Å². The third-order valence-corrected chi connectivity index (χ3v) is 3.24. The van der Waals surface area contributed by atoms with E-state index in [2.05, 4.69) is 0 Å². The Balaban J connectivity index is 2.46. The molecule has 0 heterocycles. The molecule has 1 aliphatic rings. The first-order valence-electron chi connectivity index (χ1n) is 4.67. The lowest BCUT2D eigenvalue weighted by molar-refractivity contribution is 1.00. The number of benzene rings is 1. The summed E-state index contributed by atoms with van der Waals surface area (Å²) in [6.07, 6.45) is 3.54. The summed E-state index contributed by atoms with van der Waals surface area (Å²) in [5, 5.41) is 2.40. The van der Waals surface area contributed by atoms with Gasteiger partial charge in [-0.25, -0.2) is 0 Å². The van der Waals surface area contributed by atoms with Crippen LogP contribution in [0.1, 0.15) is 18.4 Å². The lowest BCUT2D eigenvalue weighted by Crippen LogP contribution is -1.92. The van der Waals surface area contributed by atoms with Crippen molar-refractivity contribution in [2.75, 3.05) is 0 Å². The first kappa shape index (κ1) is 11.1. The summed E-state index contributed by atoms with van der Waals surface area (Å²) >= 11 is 18.1. The zero-order valence-corrected chi connectivity index (χ0v) is 10.2.